The van der Waals surface area contributed by atoms with E-state index in [0.29, 0.717) is 39.3 Å². The number of nitrogens with one attached hydrogen (secondary N) is 1. The molecule has 0 saturated heterocycles. The average Bonchev–Trinajstić information content (AvgIpc) is 3.07. The summed E-state index contributed by atoms with van der Waals surface area (Å²) in [5.74, 6) is -0.750. The van der Waals surface area contributed by atoms with Crippen LogP contribution in [-0.2, 0) is 4.79 Å². The van der Waals surface area contributed by atoms with E-state index in [2.05, 4.69) is 27.9 Å². The number of ether oxygens (including phenoxy) is 1. The molecule has 1 aromatic heterocycles. The Morgan fingerprint density at radius 2 is 1.38 bits per heavy atom. The number of nitriles is 1. The molecule has 8 heteroatoms. The summed E-state index contributed by atoms with van der Waals surface area (Å²) in [7, 11) is 0. The Morgan fingerprint density at radius 3 is 2.00 bits per heavy atom. The lowest BCUT2D eigenvalue weighted by atomic mass is 10.0. The Kier molecular flexibility index (Phi) is 8.71. The van der Waals surface area contributed by atoms with Crippen molar-refractivity contribution >= 4 is 57.3 Å². The molecule has 1 amide bonds. The van der Waals surface area contributed by atoms with Crippen LogP contribution in [0.1, 0.15) is 15.9 Å². The van der Waals surface area contributed by atoms with Gasteiger partial charge in [0, 0.05) is 20.4 Å². The minimum absolute atomic E-state index is 0.0545. The van der Waals surface area contributed by atoms with E-state index in [9.17, 15) is 14.9 Å². The van der Waals surface area contributed by atoms with Crippen LogP contribution in [0, 0.1) is 14.9 Å². The molecule has 1 heterocycles. The second kappa shape index (κ2) is 13.3. The maximum Gasteiger partial charge on any atom is 0.343 e. The first kappa shape index (κ1) is 29.4. The normalized spacial score (nSPS) is 11.1. The minimum atomic E-state index is -0.551. The largest absolute Gasteiger partial charge is 0.423 e. The first-order valence-corrected chi connectivity index (χ1v) is 15.0. The molecular weight excluding hydrogens is 675 g/mol. The molecule has 45 heavy (non-hydrogen) atoms. The number of hydrogen-bond donors (Lipinski definition) is 1. The first-order chi connectivity index (χ1) is 22.0. The van der Waals surface area contributed by atoms with E-state index < -0.39 is 11.9 Å². The van der Waals surface area contributed by atoms with Gasteiger partial charge in [-0.3, -0.25) is 4.79 Å². The summed E-state index contributed by atoms with van der Waals surface area (Å²) in [5.41, 5.74) is 6.03. The van der Waals surface area contributed by atoms with E-state index in [1.807, 2.05) is 84.9 Å². The highest BCUT2D eigenvalue weighted by atomic mass is 127. The third-order valence-electron chi connectivity index (χ3n) is 6.84. The summed E-state index contributed by atoms with van der Waals surface area (Å²) in [6.45, 7) is 0. The number of carbonyl (C=O) groups is 2. The molecule has 0 aliphatic carbocycles. The number of esters is 1. The SMILES string of the molecule is N#C/C(=C\c1ccc(OC(=O)c2ccc3nc(-c4ccccc4)c(-c4ccccc4)nc3c2)cc1)C(=O)Nc1cccc(I)c1. The topological polar surface area (TPSA) is 105 Å². The first-order valence-electron chi connectivity index (χ1n) is 13.9. The Morgan fingerprint density at radius 1 is 0.733 bits per heavy atom. The number of rotatable bonds is 7. The second-order valence-corrected chi connectivity index (χ2v) is 11.2. The number of anilines is 1. The number of fused-ring (bicyclic) bond motifs is 1. The zero-order chi connectivity index (χ0) is 31.2. The summed E-state index contributed by atoms with van der Waals surface area (Å²) in [6, 6.07) is 40.6. The van der Waals surface area contributed by atoms with Crippen molar-refractivity contribution in [3.8, 4) is 34.3 Å². The summed E-state index contributed by atoms with van der Waals surface area (Å²) < 4.78 is 6.59. The van der Waals surface area contributed by atoms with Crippen LogP contribution in [0.25, 0.3) is 39.6 Å². The Balaban J connectivity index is 1.21. The molecule has 216 valence electrons. The molecule has 5 aromatic carbocycles. The molecule has 7 nitrogen and oxygen atoms in total. The highest BCUT2D eigenvalue weighted by Gasteiger charge is 2.16. The van der Waals surface area contributed by atoms with Gasteiger partial charge in [-0.25, -0.2) is 14.8 Å². The lowest BCUT2D eigenvalue weighted by Gasteiger charge is -2.11. The highest BCUT2D eigenvalue weighted by molar-refractivity contribution is 14.1. The van der Waals surface area contributed by atoms with Crippen molar-refractivity contribution < 1.29 is 14.3 Å². The van der Waals surface area contributed by atoms with Crippen LogP contribution in [-0.4, -0.2) is 21.8 Å². The van der Waals surface area contributed by atoms with Gasteiger partial charge in [0.15, 0.2) is 0 Å². The molecular formula is C37H23IN4O3. The molecule has 0 atom stereocenters. The van der Waals surface area contributed by atoms with E-state index >= 15 is 0 Å². The third kappa shape index (κ3) is 6.95. The highest BCUT2D eigenvalue weighted by Crippen LogP contribution is 2.31. The molecule has 0 fully saturated rings. The number of amides is 1. The molecule has 6 rings (SSSR count). The van der Waals surface area contributed by atoms with Crippen molar-refractivity contribution in [2.24, 2.45) is 0 Å². The van der Waals surface area contributed by atoms with Gasteiger partial charge in [-0.2, -0.15) is 5.26 Å². The standard InChI is InChI=1S/C37H23IN4O3/c38-29-12-7-13-30(22-29)40-36(43)28(23-39)20-24-14-17-31(18-15-24)45-37(44)27-16-19-32-33(21-27)42-35(26-10-5-2-6-11-26)34(41-32)25-8-3-1-4-9-25/h1-22H,(H,40,43)/b28-20+. The van der Waals surface area contributed by atoms with Crippen molar-refractivity contribution in [2.75, 3.05) is 5.32 Å². The number of nitrogens with zero attached hydrogens (tertiary/aromatic N) is 3. The van der Waals surface area contributed by atoms with Crippen molar-refractivity contribution in [3.05, 3.63) is 148 Å². The van der Waals surface area contributed by atoms with Gasteiger partial charge in [0.05, 0.1) is 28.0 Å². The zero-order valence-corrected chi connectivity index (χ0v) is 25.8. The lowest BCUT2D eigenvalue weighted by molar-refractivity contribution is -0.112. The Hall–Kier alpha value is -5.66. The number of carbonyl (C=O) groups excluding carboxylic acids is 2. The fourth-order valence-corrected chi connectivity index (χ4v) is 5.20. The Labute approximate surface area is 273 Å². The number of halogens is 1. The number of aromatic nitrogens is 2. The maximum atomic E-state index is 13.1. The van der Waals surface area contributed by atoms with Gasteiger partial charge in [-0.05, 0) is 82.8 Å². The quantitative estimate of drug-likeness (QED) is 0.0591. The van der Waals surface area contributed by atoms with Crippen molar-refractivity contribution in [1.82, 2.24) is 9.97 Å². The smallest absolute Gasteiger partial charge is 0.343 e. The van der Waals surface area contributed by atoms with E-state index in [1.165, 1.54) is 6.08 Å². The molecule has 0 aliphatic rings. The van der Waals surface area contributed by atoms with Crippen LogP contribution < -0.4 is 10.1 Å². The Bertz CT molecular complexity index is 2110. The third-order valence-corrected chi connectivity index (χ3v) is 7.51. The molecule has 0 bridgehead atoms. The molecule has 0 unspecified atom stereocenters. The molecule has 6 aromatic rings. The van der Waals surface area contributed by atoms with Crippen molar-refractivity contribution in [1.29, 1.82) is 5.26 Å². The number of benzene rings is 5. The van der Waals surface area contributed by atoms with Gasteiger partial charge in [0.25, 0.3) is 5.91 Å². The summed E-state index contributed by atoms with van der Waals surface area (Å²) in [5, 5.41) is 12.3. The zero-order valence-electron chi connectivity index (χ0n) is 23.6. The molecule has 1 N–H and O–H groups in total. The van der Waals surface area contributed by atoms with Crippen LogP contribution in [0.15, 0.2) is 133 Å². The average molecular weight is 699 g/mol. The molecule has 0 aliphatic heterocycles. The van der Waals surface area contributed by atoms with Crippen LogP contribution >= 0.6 is 22.6 Å². The summed E-state index contributed by atoms with van der Waals surface area (Å²) in [4.78, 5) is 35.6. The van der Waals surface area contributed by atoms with Gasteiger partial charge in [-0.1, -0.05) is 78.9 Å². The molecule has 0 saturated carbocycles. The van der Waals surface area contributed by atoms with Crippen LogP contribution in [0.4, 0.5) is 5.69 Å². The lowest BCUT2D eigenvalue weighted by Crippen LogP contribution is -2.13. The van der Waals surface area contributed by atoms with Gasteiger partial charge < -0.3 is 10.1 Å². The fourth-order valence-electron chi connectivity index (χ4n) is 4.65. The van der Waals surface area contributed by atoms with Crippen molar-refractivity contribution in [2.45, 2.75) is 0 Å². The van der Waals surface area contributed by atoms with Crippen LogP contribution in [0.2, 0.25) is 0 Å². The van der Waals surface area contributed by atoms with Gasteiger partial charge >= 0.3 is 5.97 Å². The van der Waals surface area contributed by atoms with E-state index in [0.717, 1.165) is 20.4 Å². The van der Waals surface area contributed by atoms with Gasteiger partial charge in [0.2, 0.25) is 0 Å². The van der Waals surface area contributed by atoms with Crippen LogP contribution in [0.3, 0.4) is 0 Å². The number of hydrogen-bond acceptors (Lipinski definition) is 6. The van der Waals surface area contributed by atoms with Crippen molar-refractivity contribution in [3.63, 3.8) is 0 Å². The second-order valence-electron chi connectivity index (χ2n) is 9.95. The minimum Gasteiger partial charge on any atom is -0.423 e. The fraction of sp³-hybridized carbons (Fsp3) is 0. The monoisotopic (exact) mass is 698 g/mol. The van der Waals surface area contributed by atoms with Gasteiger partial charge in [0.1, 0.15) is 17.4 Å². The van der Waals surface area contributed by atoms with E-state index in [1.54, 1.807) is 48.5 Å². The summed E-state index contributed by atoms with van der Waals surface area (Å²) >= 11 is 2.15. The predicted molar refractivity (Wildman–Crippen MR) is 183 cm³/mol. The van der Waals surface area contributed by atoms with Crippen LogP contribution in [0.5, 0.6) is 5.75 Å². The molecule has 0 spiro atoms. The predicted octanol–water partition coefficient (Wildman–Crippen LogP) is 8.33. The van der Waals surface area contributed by atoms with E-state index in [-0.39, 0.29) is 5.57 Å². The van der Waals surface area contributed by atoms with Gasteiger partial charge in [-0.15, -0.1) is 0 Å². The van der Waals surface area contributed by atoms with E-state index in [4.69, 9.17) is 14.7 Å². The maximum absolute atomic E-state index is 13.1. The summed E-state index contributed by atoms with van der Waals surface area (Å²) in [6.07, 6.45) is 1.48. The molecule has 0 radical (unpaired) electrons.